The van der Waals surface area contributed by atoms with Crippen molar-refractivity contribution in [2.75, 3.05) is 13.7 Å². The van der Waals surface area contributed by atoms with E-state index in [9.17, 15) is 4.79 Å². The van der Waals surface area contributed by atoms with E-state index in [-0.39, 0.29) is 5.43 Å². The van der Waals surface area contributed by atoms with Gasteiger partial charge in [-0.3, -0.25) is 4.79 Å². The average molecular weight is 266 g/mol. The monoisotopic (exact) mass is 265 g/mol. The topological polar surface area (TPSA) is 51.3 Å². The molecule has 1 aromatic carbocycles. The Morgan fingerprint density at radius 1 is 1.44 bits per heavy atom. The third-order valence-corrected chi connectivity index (χ3v) is 3.50. The van der Waals surface area contributed by atoms with Gasteiger partial charge in [0, 0.05) is 29.1 Å². The van der Waals surface area contributed by atoms with Gasteiger partial charge in [0.1, 0.15) is 5.75 Å². The lowest BCUT2D eigenvalue weighted by Gasteiger charge is -2.17. The molecule has 1 aliphatic heterocycles. The van der Waals surface area contributed by atoms with E-state index in [1.165, 1.54) is 0 Å². The fourth-order valence-electron chi connectivity index (χ4n) is 2.25. The highest BCUT2D eigenvalue weighted by Gasteiger charge is 2.17. The van der Waals surface area contributed by atoms with Crippen LogP contribution in [-0.4, -0.2) is 18.7 Å². The number of methoxy groups -OCH3 is 1. The van der Waals surface area contributed by atoms with Crippen LogP contribution in [0, 0.1) is 0 Å². The molecule has 1 N–H and O–H groups in total. The van der Waals surface area contributed by atoms with Crippen LogP contribution in [0.5, 0.6) is 5.75 Å². The molecular formula is C13H12ClNO3. The second-order valence-corrected chi connectivity index (χ2v) is 4.65. The molecule has 0 bridgehead atoms. The molecule has 2 heterocycles. The molecule has 0 saturated carbocycles. The molecule has 18 heavy (non-hydrogen) atoms. The van der Waals surface area contributed by atoms with Gasteiger partial charge in [-0.25, -0.2) is 0 Å². The summed E-state index contributed by atoms with van der Waals surface area (Å²) in [4.78, 5) is 15.6. The summed E-state index contributed by atoms with van der Waals surface area (Å²) in [6.07, 6.45) is 0.728. The van der Waals surface area contributed by atoms with Crippen molar-refractivity contribution in [3.05, 3.63) is 38.6 Å². The highest BCUT2D eigenvalue weighted by atomic mass is 35.5. The van der Waals surface area contributed by atoms with Crippen molar-refractivity contribution in [3.63, 3.8) is 0 Å². The highest BCUT2D eigenvalue weighted by molar-refractivity contribution is 6.32. The minimum Gasteiger partial charge on any atom is -0.495 e. The Labute approximate surface area is 108 Å². The summed E-state index contributed by atoms with van der Waals surface area (Å²) in [6, 6.07) is 3.40. The van der Waals surface area contributed by atoms with E-state index in [1.54, 1.807) is 19.2 Å². The van der Waals surface area contributed by atoms with Gasteiger partial charge < -0.3 is 14.5 Å². The summed E-state index contributed by atoms with van der Waals surface area (Å²) in [5.74, 6) is 0.562. The molecule has 0 radical (unpaired) electrons. The van der Waals surface area contributed by atoms with Crippen LogP contribution >= 0.6 is 11.6 Å². The second-order valence-electron chi connectivity index (χ2n) is 4.25. The van der Waals surface area contributed by atoms with Crippen molar-refractivity contribution in [2.24, 2.45) is 0 Å². The normalized spacial score (nSPS) is 14.6. The van der Waals surface area contributed by atoms with Crippen LogP contribution in [0.3, 0.4) is 0 Å². The van der Waals surface area contributed by atoms with Crippen molar-refractivity contribution in [2.45, 2.75) is 13.0 Å². The number of rotatable bonds is 1. The molecule has 0 saturated heterocycles. The minimum absolute atomic E-state index is 0.0111. The summed E-state index contributed by atoms with van der Waals surface area (Å²) in [5.41, 5.74) is 2.39. The quantitative estimate of drug-likeness (QED) is 0.861. The number of fused-ring (bicyclic) bond motifs is 2. The first-order valence-corrected chi connectivity index (χ1v) is 6.07. The fraction of sp³-hybridized carbons (Fsp3) is 0.308. The molecular weight excluding hydrogens is 254 g/mol. The predicted molar refractivity (Wildman–Crippen MR) is 69.5 cm³/mol. The number of ether oxygens (including phenoxy) is 2. The maximum absolute atomic E-state index is 12.3. The zero-order valence-corrected chi connectivity index (χ0v) is 10.6. The average Bonchev–Trinajstić information content (AvgIpc) is 2.39. The van der Waals surface area contributed by atoms with E-state index in [2.05, 4.69) is 4.98 Å². The van der Waals surface area contributed by atoms with Gasteiger partial charge in [-0.1, -0.05) is 11.6 Å². The van der Waals surface area contributed by atoms with Gasteiger partial charge in [0.05, 0.1) is 30.9 Å². The van der Waals surface area contributed by atoms with Crippen LogP contribution in [0.15, 0.2) is 16.9 Å². The Kier molecular flexibility index (Phi) is 2.76. The summed E-state index contributed by atoms with van der Waals surface area (Å²) in [6.45, 7) is 1.00. The van der Waals surface area contributed by atoms with Gasteiger partial charge in [0.15, 0.2) is 5.43 Å². The lowest BCUT2D eigenvalue weighted by Crippen LogP contribution is -2.21. The first kappa shape index (κ1) is 11.6. The Morgan fingerprint density at radius 3 is 3.06 bits per heavy atom. The van der Waals surface area contributed by atoms with Crippen LogP contribution in [0.1, 0.15) is 11.3 Å². The molecule has 3 rings (SSSR count). The van der Waals surface area contributed by atoms with Crippen molar-refractivity contribution in [1.82, 2.24) is 4.98 Å². The van der Waals surface area contributed by atoms with E-state index < -0.39 is 0 Å². The van der Waals surface area contributed by atoms with Crippen LogP contribution in [0.4, 0.5) is 0 Å². The van der Waals surface area contributed by atoms with Gasteiger partial charge in [0.2, 0.25) is 0 Å². The fourth-order valence-corrected chi connectivity index (χ4v) is 2.49. The molecule has 0 aliphatic carbocycles. The number of benzene rings is 1. The molecule has 0 unspecified atom stereocenters. The molecule has 0 atom stereocenters. The summed E-state index contributed by atoms with van der Waals surface area (Å²) >= 11 is 6.05. The summed E-state index contributed by atoms with van der Waals surface area (Å²) in [5, 5.41) is 1.01. The standard InChI is InChI=1S/C13H12ClNO3/c1-17-12-5-11-7(4-9(12)14)13(16)8-6-18-3-2-10(8)15-11/h4-5H,2-3,6H2,1H3,(H,15,16). The molecule has 1 aliphatic rings. The number of aromatic amines is 1. The number of aromatic nitrogens is 1. The predicted octanol–water partition coefficient (Wildman–Crippen LogP) is 2.26. The summed E-state index contributed by atoms with van der Waals surface area (Å²) in [7, 11) is 1.55. The van der Waals surface area contributed by atoms with Crippen molar-refractivity contribution in [3.8, 4) is 5.75 Å². The van der Waals surface area contributed by atoms with Crippen molar-refractivity contribution >= 4 is 22.5 Å². The van der Waals surface area contributed by atoms with E-state index in [0.717, 1.165) is 17.6 Å². The van der Waals surface area contributed by atoms with Crippen LogP contribution in [-0.2, 0) is 17.8 Å². The highest BCUT2D eigenvalue weighted by Crippen LogP contribution is 2.28. The third-order valence-electron chi connectivity index (χ3n) is 3.20. The van der Waals surface area contributed by atoms with Gasteiger partial charge >= 0.3 is 0 Å². The van der Waals surface area contributed by atoms with Crippen LogP contribution in [0.25, 0.3) is 10.9 Å². The summed E-state index contributed by atoms with van der Waals surface area (Å²) < 4.78 is 10.5. The van der Waals surface area contributed by atoms with Gasteiger partial charge in [0.25, 0.3) is 0 Å². The van der Waals surface area contributed by atoms with E-state index in [1.807, 2.05) is 0 Å². The Bertz CT molecular complexity index is 678. The van der Waals surface area contributed by atoms with E-state index in [4.69, 9.17) is 21.1 Å². The number of nitrogens with one attached hydrogen (secondary N) is 1. The van der Waals surface area contributed by atoms with Crippen LogP contribution < -0.4 is 10.2 Å². The molecule has 2 aromatic rings. The first-order valence-electron chi connectivity index (χ1n) is 5.69. The number of hydrogen-bond acceptors (Lipinski definition) is 3. The largest absolute Gasteiger partial charge is 0.495 e. The SMILES string of the molecule is COc1cc2[nH]c3c(c(=O)c2cc1Cl)COCC3. The number of hydrogen-bond donors (Lipinski definition) is 1. The van der Waals surface area contributed by atoms with Gasteiger partial charge in [-0.05, 0) is 6.07 Å². The number of H-pyrrole nitrogens is 1. The molecule has 0 spiro atoms. The maximum atomic E-state index is 12.3. The lowest BCUT2D eigenvalue weighted by atomic mass is 10.1. The Hall–Kier alpha value is -1.52. The van der Waals surface area contributed by atoms with Crippen molar-refractivity contribution in [1.29, 1.82) is 0 Å². The molecule has 5 heteroatoms. The Morgan fingerprint density at radius 2 is 2.28 bits per heavy atom. The van der Waals surface area contributed by atoms with Crippen molar-refractivity contribution < 1.29 is 9.47 Å². The van der Waals surface area contributed by atoms with E-state index in [0.29, 0.717) is 34.9 Å². The molecule has 0 fully saturated rings. The minimum atomic E-state index is -0.0111. The molecule has 1 aromatic heterocycles. The van der Waals surface area contributed by atoms with Gasteiger partial charge in [-0.15, -0.1) is 0 Å². The van der Waals surface area contributed by atoms with Gasteiger partial charge in [-0.2, -0.15) is 0 Å². The molecule has 0 amide bonds. The molecule has 4 nitrogen and oxygen atoms in total. The molecule has 94 valence electrons. The number of halogens is 1. The zero-order chi connectivity index (χ0) is 12.7. The maximum Gasteiger partial charge on any atom is 0.195 e. The Balaban J connectivity index is 2.35. The smallest absolute Gasteiger partial charge is 0.195 e. The first-order chi connectivity index (χ1) is 8.70. The van der Waals surface area contributed by atoms with E-state index >= 15 is 0 Å². The zero-order valence-electron chi connectivity index (χ0n) is 9.88. The number of pyridine rings is 1. The lowest BCUT2D eigenvalue weighted by molar-refractivity contribution is 0.109. The van der Waals surface area contributed by atoms with Crippen LogP contribution in [0.2, 0.25) is 5.02 Å². The third kappa shape index (κ3) is 1.69. The second kappa shape index (κ2) is 4.30.